The van der Waals surface area contributed by atoms with Crippen LogP contribution in [0, 0.1) is 6.92 Å². The molecule has 152 valence electrons. The van der Waals surface area contributed by atoms with Crippen LogP contribution in [0.2, 0.25) is 0 Å². The van der Waals surface area contributed by atoms with Crippen molar-refractivity contribution in [2.24, 2.45) is 0 Å². The number of hydrogen-bond acceptors (Lipinski definition) is 4. The van der Waals surface area contributed by atoms with Gasteiger partial charge in [0.05, 0.1) is 0 Å². The Kier molecular flexibility index (Phi) is 5.53. The lowest BCUT2D eigenvalue weighted by Gasteiger charge is -2.22. The maximum atomic E-state index is 13.3. The highest BCUT2D eigenvalue weighted by Crippen LogP contribution is 2.29. The van der Waals surface area contributed by atoms with Crippen molar-refractivity contribution in [3.63, 3.8) is 0 Å². The fourth-order valence-corrected chi connectivity index (χ4v) is 3.81. The van der Waals surface area contributed by atoms with Gasteiger partial charge in [-0.1, -0.05) is 18.2 Å². The summed E-state index contributed by atoms with van der Waals surface area (Å²) in [5.41, 5.74) is 4.68. The number of rotatable bonds is 7. The minimum atomic E-state index is -0.0624. The van der Waals surface area contributed by atoms with Gasteiger partial charge in [0, 0.05) is 45.6 Å². The maximum absolute atomic E-state index is 13.3. The van der Waals surface area contributed by atoms with Gasteiger partial charge in [0.1, 0.15) is 23.2 Å². The van der Waals surface area contributed by atoms with Gasteiger partial charge in [-0.3, -0.25) is 4.79 Å². The average Bonchev–Trinajstić information content (AvgIpc) is 3.28. The number of carbonyl (C=O) groups excluding carboxylic acids is 1. The first-order valence-electron chi connectivity index (χ1n) is 10.1. The summed E-state index contributed by atoms with van der Waals surface area (Å²) >= 11 is 0. The number of fused-ring (bicyclic) bond motifs is 2. The zero-order chi connectivity index (χ0) is 20.4. The summed E-state index contributed by atoms with van der Waals surface area (Å²) in [5.74, 6) is 0.891. The number of carbonyl (C=O) groups is 1. The van der Waals surface area contributed by atoms with Gasteiger partial charge in [0.15, 0.2) is 0 Å². The number of pyridine rings is 1. The first-order valence-corrected chi connectivity index (χ1v) is 10.1. The van der Waals surface area contributed by atoms with E-state index in [9.17, 15) is 4.79 Å². The van der Waals surface area contributed by atoms with E-state index in [4.69, 9.17) is 9.47 Å². The highest BCUT2D eigenvalue weighted by Gasteiger charge is 2.22. The second kappa shape index (κ2) is 8.25. The lowest BCUT2D eigenvalue weighted by Crippen LogP contribution is -2.32. The molecule has 1 aromatic carbocycles. The van der Waals surface area contributed by atoms with Crippen molar-refractivity contribution >= 4 is 11.6 Å². The fourth-order valence-electron chi connectivity index (χ4n) is 3.81. The molecule has 3 heterocycles. The largest absolute Gasteiger partial charge is 0.490 e. The number of nitrogens with zero attached hydrogens (tertiary/aromatic N) is 3. The quantitative estimate of drug-likeness (QED) is 0.575. The number of hydrogen-bond donors (Lipinski definition) is 0. The predicted molar refractivity (Wildman–Crippen MR) is 111 cm³/mol. The summed E-state index contributed by atoms with van der Waals surface area (Å²) in [4.78, 5) is 19.7. The molecule has 0 N–H and O–H groups in total. The number of aryl methyl sites for hydroxylation is 1. The summed E-state index contributed by atoms with van der Waals surface area (Å²) in [5, 5.41) is 0. The number of amides is 1. The highest BCUT2D eigenvalue weighted by molar-refractivity contribution is 5.93. The molecule has 6 nitrogen and oxygen atoms in total. The van der Waals surface area contributed by atoms with Crippen molar-refractivity contribution in [3.8, 4) is 5.75 Å². The summed E-state index contributed by atoms with van der Waals surface area (Å²) in [6.07, 6.45) is 5.69. The van der Waals surface area contributed by atoms with Gasteiger partial charge < -0.3 is 18.8 Å². The molecule has 0 radical (unpaired) electrons. The molecule has 1 amide bonds. The molecular formula is C23H27N3O3. The molecule has 0 bridgehead atoms. The lowest BCUT2D eigenvalue weighted by atomic mass is 10.1. The Hall–Kier alpha value is -2.86. The molecule has 1 aliphatic heterocycles. The number of aromatic nitrogens is 2. The van der Waals surface area contributed by atoms with Crippen molar-refractivity contribution in [1.82, 2.24) is 14.3 Å². The van der Waals surface area contributed by atoms with E-state index >= 15 is 0 Å². The van der Waals surface area contributed by atoms with Crippen LogP contribution in [0.1, 0.15) is 40.5 Å². The highest BCUT2D eigenvalue weighted by atomic mass is 16.5. The second-order valence-corrected chi connectivity index (χ2v) is 7.75. The third-order valence-electron chi connectivity index (χ3n) is 5.22. The van der Waals surface area contributed by atoms with Gasteiger partial charge in [-0.05, 0) is 49.1 Å². The van der Waals surface area contributed by atoms with Crippen molar-refractivity contribution < 1.29 is 14.3 Å². The van der Waals surface area contributed by atoms with E-state index in [1.807, 2.05) is 52.9 Å². The predicted octanol–water partition coefficient (Wildman–Crippen LogP) is 3.65. The number of methoxy groups -OCH3 is 1. The van der Waals surface area contributed by atoms with E-state index < -0.39 is 0 Å². The van der Waals surface area contributed by atoms with E-state index in [-0.39, 0.29) is 12.0 Å². The maximum Gasteiger partial charge on any atom is 0.274 e. The Balaban J connectivity index is 1.57. The van der Waals surface area contributed by atoms with Crippen LogP contribution >= 0.6 is 0 Å². The van der Waals surface area contributed by atoms with E-state index in [2.05, 4.69) is 18.0 Å². The van der Waals surface area contributed by atoms with Gasteiger partial charge in [-0.25, -0.2) is 4.98 Å². The van der Waals surface area contributed by atoms with Crippen LogP contribution in [0.15, 0.2) is 42.7 Å². The zero-order valence-electron chi connectivity index (χ0n) is 17.2. The van der Waals surface area contributed by atoms with Crippen molar-refractivity contribution in [1.29, 1.82) is 0 Å². The molecule has 0 saturated heterocycles. The Bertz CT molecular complexity index is 1030. The normalized spacial score (nSPS) is 15.3. The van der Waals surface area contributed by atoms with E-state index in [1.165, 1.54) is 5.56 Å². The molecule has 0 fully saturated rings. The van der Waals surface area contributed by atoms with Crippen LogP contribution in [0.4, 0.5) is 0 Å². The monoisotopic (exact) mass is 393 g/mol. The summed E-state index contributed by atoms with van der Waals surface area (Å²) < 4.78 is 12.9. The SMILES string of the molecule is COCCCN(Cc1ccc2c(c1)C[C@@H](C)O2)C(=O)c1cn2cc(C)ccc2n1. The zero-order valence-corrected chi connectivity index (χ0v) is 17.2. The molecule has 0 spiro atoms. The second-order valence-electron chi connectivity index (χ2n) is 7.75. The molecule has 0 aliphatic carbocycles. The number of ether oxygens (including phenoxy) is 2. The Morgan fingerprint density at radius 3 is 3.00 bits per heavy atom. The summed E-state index contributed by atoms with van der Waals surface area (Å²) in [6, 6.07) is 10.1. The first-order chi connectivity index (χ1) is 14.0. The molecule has 6 heteroatoms. The minimum Gasteiger partial charge on any atom is -0.490 e. The smallest absolute Gasteiger partial charge is 0.274 e. The van der Waals surface area contributed by atoms with Gasteiger partial charge >= 0.3 is 0 Å². The van der Waals surface area contributed by atoms with Gasteiger partial charge in [0.2, 0.25) is 0 Å². The van der Waals surface area contributed by atoms with Crippen molar-refractivity contribution in [2.75, 3.05) is 20.3 Å². The van der Waals surface area contributed by atoms with Crippen molar-refractivity contribution in [2.45, 2.75) is 39.3 Å². The Labute approximate surface area is 171 Å². The van der Waals surface area contributed by atoms with Crippen molar-refractivity contribution in [3.05, 3.63) is 65.1 Å². The minimum absolute atomic E-state index is 0.0624. The third kappa shape index (κ3) is 4.27. The van der Waals surface area contributed by atoms with E-state index in [0.717, 1.165) is 35.4 Å². The van der Waals surface area contributed by atoms with Gasteiger partial charge in [-0.2, -0.15) is 0 Å². The van der Waals surface area contributed by atoms with Crippen LogP contribution in [-0.4, -0.2) is 46.6 Å². The van der Waals surface area contributed by atoms with Crippen LogP contribution in [0.5, 0.6) is 5.75 Å². The Morgan fingerprint density at radius 2 is 2.17 bits per heavy atom. The van der Waals surface area contributed by atoms with Crippen LogP contribution in [-0.2, 0) is 17.7 Å². The van der Waals surface area contributed by atoms with Gasteiger partial charge in [0.25, 0.3) is 5.91 Å². The molecule has 4 rings (SSSR count). The first kappa shape index (κ1) is 19.5. The molecule has 1 atom stereocenters. The third-order valence-corrected chi connectivity index (χ3v) is 5.22. The summed E-state index contributed by atoms with van der Waals surface area (Å²) in [6.45, 7) is 5.87. The molecule has 0 unspecified atom stereocenters. The standard InChI is InChI=1S/C23H27N3O3/c1-16-5-8-22-24-20(15-26(22)13-16)23(27)25(9-4-10-28-3)14-18-6-7-21-19(12-18)11-17(2)29-21/h5-8,12-13,15,17H,4,9-11,14H2,1-3H3/t17-/m1/s1. The molecular weight excluding hydrogens is 366 g/mol. The number of imidazole rings is 1. The van der Waals surface area contributed by atoms with Crippen LogP contribution < -0.4 is 4.74 Å². The average molecular weight is 393 g/mol. The number of benzene rings is 1. The fraction of sp³-hybridized carbons (Fsp3) is 0.391. The summed E-state index contributed by atoms with van der Waals surface area (Å²) in [7, 11) is 1.68. The molecule has 3 aromatic rings. The van der Waals surface area contributed by atoms with Gasteiger partial charge in [-0.15, -0.1) is 0 Å². The lowest BCUT2D eigenvalue weighted by molar-refractivity contribution is 0.0718. The molecule has 29 heavy (non-hydrogen) atoms. The molecule has 2 aromatic heterocycles. The topological polar surface area (TPSA) is 56.1 Å². The van der Waals surface area contributed by atoms with Crippen LogP contribution in [0.25, 0.3) is 5.65 Å². The molecule has 1 aliphatic rings. The van der Waals surface area contributed by atoms with E-state index in [1.54, 1.807) is 7.11 Å². The molecule has 0 saturated carbocycles. The van der Waals surface area contributed by atoms with Crippen LogP contribution in [0.3, 0.4) is 0 Å². The van der Waals surface area contributed by atoms with E-state index in [0.29, 0.717) is 25.4 Å². The Morgan fingerprint density at radius 1 is 1.31 bits per heavy atom.